The van der Waals surface area contributed by atoms with Gasteiger partial charge in [0.1, 0.15) is 16.4 Å². The normalized spacial score (nSPS) is 14.0. The summed E-state index contributed by atoms with van der Waals surface area (Å²) >= 11 is 3.10. The Morgan fingerprint density at radius 2 is 1.91 bits per heavy atom. The molecule has 0 saturated heterocycles. The fourth-order valence-corrected chi connectivity index (χ4v) is 6.25. The Labute approximate surface area is 193 Å². The van der Waals surface area contributed by atoms with Crippen LogP contribution in [0.1, 0.15) is 16.0 Å². The van der Waals surface area contributed by atoms with E-state index < -0.39 is 0 Å². The number of benzene rings is 2. The summed E-state index contributed by atoms with van der Waals surface area (Å²) in [7, 11) is 3.72. The molecular formula is C24H22FN3O2S2. The molecule has 2 aromatic heterocycles. The minimum absolute atomic E-state index is 0.0381. The van der Waals surface area contributed by atoms with Crippen molar-refractivity contribution in [3.8, 4) is 11.4 Å². The second kappa shape index (κ2) is 8.69. The lowest BCUT2D eigenvalue weighted by Gasteiger charge is -2.21. The van der Waals surface area contributed by atoms with Crippen molar-refractivity contribution < 1.29 is 9.13 Å². The average Bonchev–Trinajstić information content (AvgIpc) is 3.16. The van der Waals surface area contributed by atoms with Gasteiger partial charge in [-0.3, -0.25) is 9.36 Å². The maximum atomic E-state index is 13.8. The monoisotopic (exact) mass is 467 g/mol. The van der Waals surface area contributed by atoms with Crippen LogP contribution in [0.5, 0.6) is 5.75 Å². The van der Waals surface area contributed by atoms with E-state index in [0.29, 0.717) is 10.9 Å². The molecule has 0 amide bonds. The Bertz CT molecular complexity index is 1330. The Morgan fingerprint density at radius 1 is 1.16 bits per heavy atom. The Kier molecular flexibility index (Phi) is 5.75. The highest BCUT2D eigenvalue weighted by Crippen LogP contribution is 2.34. The third-order valence-electron chi connectivity index (χ3n) is 5.65. The van der Waals surface area contributed by atoms with Crippen LogP contribution in [0.4, 0.5) is 4.39 Å². The van der Waals surface area contributed by atoms with E-state index in [1.54, 1.807) is 35.1 Å². The molecule has 32 heavy (non-hydrogen) atoms. The predicted octanol–water partition coefficient (Wildman–Crippen LogP) is 4.88. The second-order valence-electron chi connectivity index (χ2n) is 7.82. The molecule has 0 N–H and O–H groups in total. The van der Waals surface area contributed by atoms with E-state index in [4.69, 9.17) is 9.72 Å². The Balaban J connectivity index is 1.64. The van der Waals surface area contributed by atoms with Gasteiger partial charge in [-0.05, 0) is 61.0 Å². The van der Waals surface area contributed by atoms with Gasteiger partial charge in [-0.25, -0.2) is 9.37 Å². The first kappa shape index (κ1) is 21.2. The number of nitrogens with zero attached hydrogens (tertiary/aromatic N) is 3. The molecule has 0 fully saturated rings. The molecule has 8 heteroatoms. The van der Waals surface area contributed by atoms with Crippen LogP contribution in [0.2, 0.25) is 0 Å². The van der Waals surface area contributed by atoms with E-state index in [2.05, 4.69) is 11.9 Å². The molecule has 5 nitrogen and oxygen atoms in total. The van der Waals surface area contributed by atoms with E-state index in [-0.39, 0.29) is 11.4 Å². The van der Waals surface area contributed by atoms with Gasteiger partial charge in [-0.15, -0.1) is 11.3 Å². The standard InChI is InChI=1S/C24H22FN3O2S2/c1-27-12-11-19-20(13-27)32-22-21(19)23(29)28(17-7-9-18(30-2)10-8-17)24(26-22)31-14-15-3-5-16(25)6-4-15/h3-10H,11-14H2,1-2H3. The summed E-state index contributed by atoms with van der Waals surface area (Å²) in [6.45, 7) is 1.78. The van der Waals surface area contributed by atoms with Gasteiger partial charge < -0.3 is 9.64 Å². The van der Waals surface area contributed by atoms with Gasteiger partial charge in [-0.1, -0.05) is 23.9 Å². The highest BCUT2D eigenvalue weighted by molar-refractivity contribution is 7.98. The molecule has 164 valence electrons. The van der Waals surface area contributed by atoms with Gasteiger partial charge >= 0.3 is 0 Å². The largest absolute Gasteiger partial charge is 0.497 e. The third-order valence-corrected chi connectivity index (χ3v) is 7.77. The fraction of sp³-hybridized carbons (Fsp3) is 0.250. The summed E-state index contributed by atoms with van der Waals surface area (Å²) in [6, 6.07) is 13.9. The van der Waals surface area contributed by atoms with Gasteiger partial charge in [0.05, 0.1) is 18.2 Å². The lowest BCUT2D eigenvalue weighted by molar-refractivity contribution is 0.318. The zero-order valence-electron chi connectivity index (χ0n) is 17.8. The minimum atomic E-state index is -0.262. The third kappa shape index (κ3) is 3.94. The molecule has 3 heterocycles. The van der Waals surface area contributed by atoms with Crippen LogP contribution in [-0.2, 0) is 18.7 Å². The van der Waals surface area contributed by atoms with Crippen molar-refractivity contribution in [3.05, 3.63) is 80.7 Å². The molecule has 0 aliphatic carbocycles. The van der Waals surface area contributed by atoms with Crippen LogP contribution in [0.15, 0.2) is 58.5 Å². The molecule has 5 rings (SSSR count). The van der Waals surface area contributed by atoms with Crippen molar-refractivity contribution in [3.63, 3.8) is 0 Å². The van der Waals surface area contributed by atoms with Crippen LogP contribution in [-0.4, -0.2) is 35.2 Å². The van der Waals surface area contributed by atoms with Gasteiger partial charge in [0.25, 0.3) is 5.56 Å². The molecule has 0 spiro atoms. The first-order chi connectivity index (χ1) is 15.5. The van der Waals surface area contributed by atoms with E-state index in [0.717, 1.165) is 52.3 Å². The smallest absolute Gasteiger partial charge is 0.267 e. The average molecular weight is 468 g/mol. The summed E-state index contributed by atoms with van der Waals surface area (Å²) in [5, 5.41) is 1.36. The molecule has 1 aliphatic heterocycles. The highest BCUT2D eigenvalue weighted by Gasteiger charge is 2.24. The highest BCUT2D eigenvalue weighted by atomic mass is 32.2. The van der Waals surface area contributed by atoms with Crippen molar-refractivity contribution >= 4 is 33.3 Å². The number of fused-ring (bicyclic) bond motifs is 3. The Hall–Kier alpha value is -2.68. The van der Waals surface area contributed by atoms with Crippen LogP contribution in [0.3, 0.4) is 0 Å². The number of rotatable bonds is 5. The molecule has 2 aromatic carbocycles. The van der Waals surface area contributed by atoms with Crippen molar-refractivity contribution in [1.82, 2.24) is 14.5 Å². The molecule has 0 radical (unpaired) electrons. The van der Waals surface area contributed by atoms with E-state index in [1.807, 2.05) is 24.3 Å². The van der Waals surface area contributed by atoms with Crippen molar-refractivity contribution in [2.75, 3.05) is 20.7 Å². The molecule has 1 aliphatic rings. The van der Waals surface area contributed by atoms with Gasteiger partial charge in [0.15, 0.2) is 5.16 Å². The molecule has 4 aromatic rings. The number of hydrogen-bond acceptors (Lipinski definition) is 6. The first-order valence-corrected chi connectivity index (χ1v) is 12.1. The zero-order chi connectivity index (χ0) is 22.2. The number of likely N-dealkylation sites (N-methyl/N-ethyl adjacent to an activating group) is 1. The summed E-state index contributed by atoms with van der Waals surface area (Å²) < 4.78 is 20.3. The SMILES string of the molecule is COc1ccc(-n2c(SCc3ccc(F)cc3)nc3sc4c(c3c2=O)CCN(C)C4)cc1. The van der Waals surface area contributed by atoms with Crippen LogP contribution < -0.4 is 10.3 Å². The summed E-state index contributed by atoms with van der Waals surface area (Å²) in [5.74, 6) is 1.05. The number of ether oxygens (including phenoxy) is 1. The minimum Gasteiger partial charge on any atom is -0.497 e. The maximum absolute atomic E-state index is 13.8. The fourth-order valence-electron chi connectivity index (χ4n) is 3.94. The first-order valence-electron chi connectivity index (χ1n) is 10.3. The lowest BCUT2D eigenvalue weighted by Crippen LogP contribution is -2.27. The maximum Gasteiger partial charge on any atom is 0.267 e. The second-order valence-corrected chi connectivity index (χ2v) is 9.85. The lowest BCUT2D eigenvalue weighted by atomic mass is 10.1. The Morgan fingerprint density at radius 3 is 2.62 bits per heavy atom. The quantitative estimate of drug-likeness (QED) is 0.309. The van der Waals surface area contributed by atoms with Crippen molar-refractivity contribution in [2.45, 2.75) is 23.9 Å². The number of thiophene rings is 1. The topological polar surface area (TPSA) is 47.4 Å². The molecule has 0 bridgehead atoms. The van der Waals surface area contributed by atoms with Gasteiger partial charge in [0, 0.05) is 23.7 Å². The van der Waals surface area contributed by atoms with E-state index in [1.165, 1.54) is 28.8 Å². The molecule has 0 atom stereocenters. The van der Waals surface area contributed by atoms with Crippen LogP contribution in [0.25, 0.3) is 15.9 Å². The molecule has 0 saturated carbocycles. The van der Waals surface area contributed by atoms with E-state index in [9.17, 15) is 9.18 Å². The van der Waals surface area contributed by atoms with Crippen LogP contribution in [0, 0.1) is 5.82 Å². The van der Waals surface area contributed by atoms with Crippen molar-refractivity contribution in [2.24, 2.45) is 0 Å². The van der Waals surface area contributed by atoms with Gasteiger partial charge in [0.2, 0.25) is 0 Å². The zero-order valence-corrected chi connectivity index (χ0v) is 19.4. The number of hydrogen-bond donors (Lipinski definition) is 0. The number of aromatic nitrogens is 2. The van der Waals surface area contributed by atoms with Crippen LogP contribution >= 0.6 is 23.1 Å². The summed E-state index contributed by atoms with van der Waals surface area (Å²) in [5.41, 5.74) is 2.82. The predicted molar refractivity (Wildman–Crippen MR) is 128 cm³/mol. The summed E-state index contributed by atoms with van der Waals surface area (Å²) in [4.78, 5) is 23.0. The van der Waals surface area contributed by atoms with E-state index >= 15 is 0 Å². The number of halogens is 1. The number of thioether (sulfide) groups is 1. The molecular weight excluding hydrogens is 445 g/mol. The summed E-state index contributed by atoms with van der Waals surface area (Å²) in [6.07, 6.45) is 0.855. The van der Waals surface area contributed by atoms with Crippen molar-refractivity contribution in [1.29, 1.82) is 0 Å². The van der Waals surface area contributed by atoms with Gasteiger partial charge in [-0.2, -0.15) is 0 Å². The number of methoxy groups -OCH3 is 1. The molecule has 0 unspecified atom stereocenters.